The number of hydrogen-bond acceptors (Lipinski definition) is 4. The van der Waals surface area contributed by atoms with Crippen LogP contribution in [0, 0.1) is 5.92 Å². The molecule has 0 aromatic carbocycles. The van der Waals surface area contributed by atoms with Gasteiger partial charge in [-0.3, -0.25) is 0 Å². The number of nitrogens with zero attached hydrogens (tertiary/aromatic N) is 2. The lowest BCUT2D eigenvalue weighted by Crippen LogP contribution is -2.49. The van der Waals surface area contributed by atoms with Crippen LogP contribution in [0.15, 0.2) is 0 Å². The molecule has 0 spiro atoms. The van der Waals surface area contributed by atoms with Crippen LogP contribution in [-0.2, 0) is 19.7 Å². The van der Waals surface area contributed by atoms with Crippen molar-refractivity contribution in [3.63, 3.8) is 0 Å². The largest absolute Gasteiger partial charge is 0.479 e. The van der Waals surface area contributed by atoms with Crippen LogP contribution in [0.4, 0.5) is 0 Å². The molecule has 1 unspecified atom stereocenters. The number of hydrogen-bond donors (Lipinski definition) is 1. The highest BCUT2D eigenvalue weighted by Gasteiger charge is 2.37. The minimum absolute atomic E-state index is 0.128. The minimum atomic E-state index is -3.42. The van der Waals surface area contributed by atoms with Crippen LogP contribution in [-0.4, -0.2) is 67.5 Å². The fraction of sp³-hybridized carbons (Fsp3) is 0.933. The first-order valence-electron chi connectivity index (χ1n) is 8.47. The number of methoxy groups -OCH3 is 1. The quantitative estimate of drug-likeness (QED) is 0.809. The van der Waals surface area contributed by atoms with Crippen LogP contribution >= 0.6 is 0 Å². The van der Waals surface area contributed by atoms with Crippen molar-refractivity contribution in [2.24, 2.45) is 5.92 Å². The average Bonchev–Trinajstić information content (AvgIpc) is 2.47. The zero-order valence-electron chi connectivity index (χ0n) is 13.8. The molecule has 134 valence electrons. The van der Waals surface area contributed by atoms with Crippen molar-refractivity contribution < 1.29 is 23.1 Å². The molecule has 0 aliphatic carbocycles. The number of piperidine rings is 1. The van der Waals surface area contributed by atoms with E-state index in [0.29, 0.717) is 39.0 Å². The molecule has 2 fully saturated rings. The van der Waals surface area contributed by atoms with Gasteiger partial charge in [0, 0.05) is 33.3 Å². The van der Waals surface area contributed by atoms with Gasteiger partial charge in [-0.05, 0) is 31.6 Å². The number of rotatable bonds is 5. The second-order valence-corrected chi connectivity index (χ2v) is 8.33. The van der Waals surface area contributed by atoms with Crippen molar-refractivity contribution in [2.45, 2.75) is 51.0 Å². The van der Waals surface area contributed by atoms with Gasteiger partial charge in [0.05, 0.1) is 0 Å². The summed E-state index contributed by atoms with van der Waals surface area (Å²) in [5.74, 6) is -1.10. The van der Waals surface area contributed by atoms with E-state index in [1.165, 1.54) is 17.8 Å². The van der Waals surface area contributed by atoms with Crippen molar-refractivity contribution in [3.05, 3.63) is 0 Å². The number of aliphatic carboxylic acids is 1. The van der Waals surface area contributed by atoms with Crippen molar-refractivity contribution in [3.8, 4) is 0 Å². The van der Waals surface area contributed by atoms with Gasteiger partial charge in [-0.2, -0.15) is 17.0 Å². The lowest BCUT2D eigenvalue weighted by atomic mass is 9.92. The summed E-state index contributed by atoms with van der Waals surface area (Å²) in [6, 6.07) is 0. The third-order valence-corrected chi connectivity index (χ3v) is 6.93. The first-order valence-corrected chi connectivity index (χ1v) is 9.87. The zero-order chi connectivity index (χ0) is 16.9. The predicted octanol–water partition coefficient (Wildman–Crippen LogP) is 1.31. The number of carbonyl (C=O) groups is 1. The molecular formula is C15H28N2O5S. The molecule has 0 saturated carbocycles. The van der Waals surface area contributed by atoms with Gasteiger partial charge in [-0.15, -0.1) is 0 Å². The fourth-order valence-corrected chi connectivity index (χ4v) is 5.24. The molecule has 8 heteroatoms. The maximum Gasteiger partial charge on any atom is 0.333 e. The third-order valence-electron chi connectivity index (χ3n) is 4.89. The number of carboxylic acids is 1. The van der Waals surface area contributed by atoms with E-state index in [1.54, 1.807) is 4.31 Å². The highest BCUT2D eigenvalue weighted by atomic mass is 32.2. The maximum absolute atomic E-state index is 12.8. The molecule has 2 aliphatic heterocycles. The fourth-order valence-electron chi connectivity index (χ4n) is 3.52. The van der Waals surface area contributed by atoms with Gasteiger partial charge in [-0.25, -0.2) is 4.79 Å². The van der Waals surface area contributed by atoms with Gasteiger partial charge in [0.15, 0.2) is 6.10 Å². The summed E-state index contributed by atoms with van der Waals surface area (Å²) in [5.41, 5.74) is 0. The van der Waals surface area contributed by atoms with E-state index in [0.717, 1.165) is 25.7 Å². The topological polar surface area (TPSA) is 87.1 Å². The molecule has 23 heavy (non-hydrogen) atoms. The van der Waals surface area contributed by atoms with Crippen LogP contribution in [0.5, 0.6) is 0 Å². The Labute approximate surface area is 138 Å². The molecule has 7 nitrogen and oxygen atoms in total. The van der Waals surface area contributed by atoms with Gasteiger partial charge in [-0.1, -0.05) is 19.3 Å². The van der Waals surface area contributed by atoms with Crippen molar-refractivity contribution in [1.29, 1.82) is 0 Å². The number of ether oxygens (including phenoxy) is 1. The van der Waals surface area contributed by atoms with Crippen molar-refractivity contribution >= 4 is 16.2 Å². The lowest BCUT2D eigenvalue weighted by molar-refractivity contribution is -0.152. The second-order valence-electron chi connectivity index (χ2n) is 6.41. The molecule has 0 amide bonds. The Kier molecular flexibility index (Phi) is 6.82. The van der Waals surface area contributed by atoms with E-state index in [1.807, 2.05) is 0 Å². The Morgan fingerprint density at radius 3 is 1.96 bits per heavy atom. The molecule has 2 heterocycles. The Balaban J connectivity index is 1.96. The van der Waals surface area contributed by atoms with E-state index in [4.69, 9.17) is 9.84 Å². The van der Waals surface area contributed by atoms with Crippen LogP contribution in [0.3, 0.4) is 0 Å². The first-order chi connectivity index (χ1) is 11.0. The number of carboxylic acid groups (broad SMARTS) is 1. The molecule has 1 N–H and O–H groups in total. The monoisotopic (exact) mass is 348 g/mol. The molecule has 0 aromatic rings. The van der Waals surface area contributed by atoms with Gasteiger partial charge in [0.1, 0.15) is 0 Å². The predicted molar refractivity (Wildman–Crippen MR) is 86.3 cm³/mol. The molecule has 2 aliphatic rings. The summed E-state index contributed by atoms with van der Waals surface area (Å²) in [4.78, 5) is 11.2. The van der Waals surface area contributed by atoms with Gasteiger partial charge in [0.2, 0.25) is 0 Å². The van der Waals surface area contributed by atoms with Gasteiger partial charge in [0.25, 0.3) is 10.2 Å². The van der Waals surface area contributed by atoms with Crippen molar-refractivity contribution in [2.75, 3.05) is 33.3 Å². The SMILES string of the molecule is COC(C(=O)O)C1CCN(S(=O)(=O)N2CCCCCCC2)CC1. The van der Waals surface area contributed by atoms with Crippen LogP contribution in [0.2, 0.25) is 0 Å². The van der Waals surface area contributed by atoms with E-state index in [-0.39, 0.29) is 5.92 Å². The summed E-state index contributed by atoms with van der Waals surface area (Å²) in [7, 11) is -2.03. The zero-order valence-corrected chi connectivity index (χ0v) is 14.6. The van der Waals surface area contributed by atoms with Gasteiger partial charge >= 0.3 is 5.97 Å². The van der Waals surface area contributed by atoms with Crippen LogP contribution < -0.4 is 0 Å². The average molecular weight is 348 g/mol. The Hall–Kier alpha value is -0.700. The molecule has 1 atom stereocenters. The van der Waals surface area contributed by atoms with E-state index >= 15 is 0 Å². The van der Waals surface area contributed by atoms with E-state index in [9.17, 15) is 13.2 Å². The summed E-state index contributed by atoms with van der Waals surface area (Å²) in [6.45, 7) is 1.93. The standard InChI is InChI=1S/C15H28N2O5S/c1-22-14(15(18)19)13-7-11-17(12-8-13)23(20,21)16-9-5-3-2-4-6-10-16/h13-14H,2-12H2,1H3,(H,18,19). The molecule has 0 radical (unpaired) electrons. The van der Waals surface area contributed by atoms with E-state index < -0.39 is 22.3 Å². The van der Waals surface area contributed by atoms with Crippen LogP contribution in [0.1, 0.15) is 44.9 Å². The smallest absolute Gasteiger partial charge is 0.333 e. The first kappa shape index (κ1) is 18.6. The molecule has 2 rings (SSSR count). The minimum Gasteiger partial charge on any atom is -0.479 e. The normalized spacial score (nSPS) is 24.7. The highest BCUT2D eigenvalue weighted by Crippen LogP contribution is 2.26. The summed E-state index contributed by atoms with van der Waals surface area (Å²) in [6.07, 6.45) is 5.40. The molecule has 2 saturated heterocycles. The third kappa shape index (κ3) is 4.65. The molecular weight excluding hydrogens is 320 g/mol. The summed E-state index contributed by atoms with van der Waals surface area (Å²) >= 11 is 0. The Bertz CT molecular complexity index is 480. The molecule has 0 aromatic heterocycles. The lowest BCUT2D eigenvalue weighted by Gasteiger charge is -2.36. The summed E-state index contributed by atoms with van der Waals surface area (Å²) in [5, 5.41) is 9.15. The maximum atomic E-state index is 12.8. The van der Waals surface area contributed by atoms with Crippen LogP contribution in [0.25, 0.3) is 0 Å². The van der Waals surface area contributed by atoms with Gasteiger partial charge < -0.3 is 9.84 Å². The Morgan fingerprint density at radius 1 is 1.00 bits per heavy atom. The summed E-state index contributed by atoms with van der Waals surface area (Å²) < 4.78 is 33.7. The van der Waals surface area contributed by atoms with Crippen molar-refractivity contribution in [1.82, 2.24) is 8.61 Å². The second kappa shape index (κ2) is 8.41. The highest BCUT2D eigenvalue weighted by molar-refractivity contribution is 7.86. The molecule has 0 bridgehead atoms. The van der Waals surface area contributed by atoms with E-state index in [2.05, 4.69) is 0 Å². The Morgan fingerprint density at radius 2 is 1.48 bits per heavy atom.